The Hall–Kier alpha value is -1.66. The van der Waals surface area contributed by atoms with Gasteiger partial charge >= 0.3 is 5.97 Å². The van der Waals surface area contributed by atoms with Crippen LogP contribution in [0.4, 0.5) is 5.69 Å². The minimum Gasteiger partial charge on any atom is -0.478 e. The van der Waals surface area contributed by atoms with Crippen LogP contribution < -0.4 is 10.6 Å². The van der Waals surface area contributed by atoms with Crippen LogP contribution in [0, 0.1) is 6.92 Å². The number of benzene rings is 1. The minimum atomic E-state index is -0.953. The van der Waals surface area contributed by atoms with Crippen molar-refractivity contribution in [2.45, 2.75) is 25.9 Å². The highest BCUT2D eigenvalue weighted by Crippen LogP contribution is 2.17. The Morgan fingerprint density at radius 3 is 3.00 bits per heavy atom. The molecule has 1 aromatic rings. The van der Waals surface area contributed by atoms with Gasteiger partial charge < -0.3 is 20.5 Å². The normalized spacial score (nSPS) is 17.8. The van der Waals surface area contributed by atoms with E-state index in [-0.39, 0.29) is 11.7 Å². The standard InChI is InChI=1S/C14H18N2O3S/c1-9-4-5-10(13(17)18)7-12(9)16-14(20)15-8-11-3-2-6-19-11/h4-5,7,11H,2-3,6,8H2,1H3,(H,17,18)(H2,15,16,20)/t11-/m0/s1. The second kappa shape index (κ2) is 6.67. The maximum Gasteiger partial charge on any atom is 0.335 e. The lowest BCUT2D eigenvalue weighted by atomic mass is 10.1. The molecule has 108 valence electrons. The highest BCUT2D eigenvalue weighted by Gasteiger charge is 2.15. The summed E-state index contributed by atoms with van der Waals surface area (Å²) < 4.78 is 5.50. The zero-order valence-corrected chi connectivity index (χ0v) is 12.1. The topological polar surface area (TPSA) is 70.6 Å². The van der Waals surface area contributed by atoms with Crippen molar-refractivity contribution in [3.05, 3.63) is 29.3 Å². The molecule has 20 heavy (non-hydrogen) atoms. The van der Waals surface area contributed by atoms with Gasteiger partial charge in [-0.25, -0.2) is 4.79 Å². The van der Waals surface area contributed by atoms with Crippen LogP contribution in [0.1, 0.15) is 28.8 Å². The van der Waals surface area contributed by atoms with Gasteiger partial charge in [0.05, 0.1) is 11.7 Å². The van der Waals surface area contributed by atoms with Gasteiger partial charge in [0.1, 0.15) is 0 Å². The summed E-state index contributed by atoms with van der Waals surface area (Å²) in [4.78, 5) is 11.0. The molecule has 1 saturated heterocycles. The maximum absolute atomic E-state index is 11.0. The van der Waals surface area contributed by atoms with Crippen LogP contribution in [0.15, 0.2) is 18.2 Å². The van der Waals surface area contributed by atoms with Crippen molar-refractivity contribution in [1.82, 2.24) is 5.32 Å². The molecule has 5 nitrogen and oxygen atoms in total. The number of ether oxygens (including phenoxy) is 1. The van der Waals surface area contributed by atoms with E-state index in [4.69, 9.17) is 22.1 Å². The molecule has 1 atom stereocenters. The number of rotatable bonds is 4. The number of hydrogen-bond acceptors (Lipinski definition) is 3. The third-order valence-electron chi connectivity index (χ3n) is 3.25. The minimum absolute atomic E-state index is 0.209. The Balaban J connectivity index is 1.92. The first-order chi connectivity index (χ1) is 9.56. The molecular formula is C14H18N2O3S. The molecule has 1 fully saturated rings. The Morgan fingerprint density at radius 1 is 1.55 bits per heavy atom. The molecule has 1 heterocycles. The second-order valence-electron chi connectivity index (χ2n) is 4.80. The van der Waals surface area contributed by atoms with Crippen LogP contribution >= 0.6 is 12.2 Å². The summed E-state index contributed by atoms with van der Waals surface area (Å²) in [6.07, 6.45) is 2.34. The molecular weight excluding hydrogens is 276 g/mol. The van der Waals surface area contributed by atoms with Crippen molar-refractivity contribution in [3.63, 3.8) is 0 Å². The lowest BCUT2D eigenvalue weighted by Gasteiger charge is -2.15. The molecule has 1 aromatic carbocycles. The van der Waals surface area contributed by atoms with Gasteiger partial charge in [0, 0.05) is 18.8 Å². The predicted octanol–water partition coefficient (Wildman–Crippen LogP) is 2.16. The third kappa shape index (κ3) is 3.91. The van der Waals surface area contributed by atoms with E-state index in [1.165, 1.54) is 0 Å². The molecule has 6 heteroatoms. The molecule has 0 bridgehead atoms. The number of thiocarbonyl (C=S) groups is 1. The molecule has 0 spiro atoms. The average Bonchev–Trinajstić information content (AvgIpc) is 2.92. The molecule has 3 N–H and O–H groups in total. The van der Waals surface area contributed by atoms with E-state index >= 15 is 0 Å². The molecule has 0 aromatic heterocycles. The van der Waals surface area contributed by atoms with Gasteiger partial charge in [0.2, 0.25) is 0 Å². The largest absolute Gasteiger partial charge is 0.478 e. The van der Waals surface area contributed by atoms with Gasteiger partial charge in [0.25, 0.3) is 0 Å². The van der Waals surface area contributed by atoms with Crippen LogP contribution in [0.25, 0.3) is 0 Å². The van der Waals surface area contributed by atoms with Crippen molar-refractivity contribution in [2.75, 3.05) is 18.5 Å². The van der Waals surface area contributed by atoms with Gasteiger partial charge in [-0.3, -0.25) is 0 Å². The van der Waals surface area contributed by atoms with E-state index in [9.17, 15) is 4.79 Å². The zero-order valence-electron chi connectivity index (χ0n) is 11.3. The fourth-order valence-corrected chi connectivity index (χ4v) is 2.26. The van der Waals surface area contributed by atoms with Gasteiger partial charge in [-0.15, -0.1) is 0 Å². The third-order valence-corrected chi connectivity index (χ3v) is 3.49. The summed E-state index contributed by atoms with van der Waals surface area (Å²) in [6, 6.07) is 4.91. The molecule has 1 aliphatic heterocycles. The Kier molecular flexibility index (Phi) is 4.92. The monoisotopic (exact) mass is 294 g/mol. The molecule has 0 radical (unpaired) electrons. The Morgan fingerprint density at radius 2 is 2.35 bits per heavy atom. The number of carboxylic acid groups (broad SMARTS) is 1. The van der Waals surface area contributed by atoms with Crippen LogP contribution in [0.3, 0.4) is 0 Å². The van der Waals surface area contributed by atoms with E-state index in [1.807, 2.05) is 6.92 Å². The fraction of sp³-hybridized carbons (Fsp3) is 0.429. The SMILES string of the molecule is Cc1ccc(C(=O)O)cc1NC(=S)NC[C@@H]1CCCO1. The van der Waals surface area contributed by atoms with Crippen molar-refractivity contribution < 1.29 is 14.6 Å². The van der Waals surface area contributed by atoms with Crippen molar-refractivity contribution in [1.29, 1.82) is 0 Å². The van der Waals surface area contributed by atoms with E-state index in [0.717, 1.165) is 25.0 Å². The smallest absolute Gasteiger partial charge is 0.335 e. The highest BCUT2D eigenvalue weighted by atomic mass is 32.1. The number of anilines is 1. The first kappa shape index (κ1) is 14.7. The molecule has 0 unspecified atom stereocenters. The maximum atomic E-state index is 11.0. The van der Waals surface area contributed by atoms with Crippen LogP contribution in [-0.2, 0) is 4.74 Å². The Bertz CT molecular complexity index is 513. The summed E-state index contributed by atoms with van der Waals surface area (Å²) in [7, 11) is 0. The van der Waals surface area contributed by atoms with E-state index < -0.39 is 5.97 Å². The van der Waals surface area contributed by atoms with E-state index in [1.54, 1.807) is 18.2 Å². The first-order valence-electron chi connectivity index (χ1n) is 6.56. The summed E-state index contributed by atoms with van der Waals surface area (Å²) >= 11 is 5.21. The van der Waals surface area contributed by atoms with Crippen molar-refractivity contribution in [2.24, 2.45) is 0 Å². The van der Waals surface area contributed by atoms with Gasteiger partial charge in [-0.2, -0.15) is 0 Å². The molecule has 0 saturated carbocycles. The van der Waals surface area contributed by atoms with Crippen LogP contribution in [0.5, 0.6) is 0 Å². The first-order valence-corrected chi connectivity index (χ1v) is 6.97. The average molecular weight is 294 g/mol. The number of aromatic carboxylic acids is 1. The van der Waals surface area contributed by atoms with Crippen molar-refractivity contribution in [3.8, 4) is 0 Å². The number of carboxylic acids is 1. The molecule has 0 amide bonds. The second-order valence-corrected chi connectivity index (χ2v) is 5.21. The quantitative estimate of drug-likeness (QED) is 0.739. The number of aryl methyl sites for hydroxylation is 1. The fourth-order valence-electron chi connectivity index (χ4n) is 2.07. The predicted molar refractivity (Wildman–Crippen MR) is 81.3 cm³/mol. The van der Waals surface area contributed by atoms with Crippen molar-refractivity contribution >= 4 is 29.0 Å². The van der Waals surface area contributed by atoms with Gasteiger partial charge in [0.15, 0.2) is 5.11 Å². The number of nitrogens with one attached hydrogen (secondary N) is 2. The van der Waals surface area contributed by atoms with E-state index in [2.05, 4.69) is 10.6 Å². The number of carbonyl (C=O) groups is 1. The van der Waals surface area contributed by atoms with Gasteiger partial charge in [-0.1, -0.05) is 6.07 Å². The van der Waals surface area contributed by atoms with Crippen LogP contribution in [0.2, 0.25) is 0 Å². The highest BCUT2D eigenvalue weighted by molar-refractivity contribution is 7.80. The summed E-state index contributed by atoms with van der Waals surface area (Å²) in [6.45, 7) is 3.38. The lowest BCUT2D eigenvalue weighted by molar-refractivity contribution is 0.0697. The molecule has 2 rings (SSSR count). The van der Waals surface area contributed by atoms with Gasteiger partial charge in [-0.05, 0) is 49.7 Å². The lowest BCUT2D eigenvalue weighted by Crippen LogP contribution is -2.35. The van der Waals surface area contributed by atoms with E-state index in [0.29, 0.717) is 17.3 Å². The zero-order chi connectivity index (χ0) is 14.5. The summed E-state index contributed by atoms with van der Waals surface area (Å²) in [5.41, 5.74) is 1.88. The van der Waals surface area contributed by atoms with Crippen LogP contribution in [-0.4, -0.2) is 35.4 Å². The molecule has 0 aliphatic carbocycles. The Labute approximate surface area is 123 Å². The summed E-state index contributed by atoms with van der Waals surface area (Å²) in [5.74, 6) is -0.953. The summed E-state index contributed by atoms with van der Waals surface area (Å²) in [5, 5.41) is 15.6. The number of hydrogen-bond donors (Lipinski definition) is 3. The molecule has 1 aliphatic rings.